The summed E-state index contributed by atoms with van der Waals surface area (Å²) < 4.78 is 67.6. The predicted octanol–water partition coefficient (Wildman–Crippen LogP) is 9.47. The Balaban J connectivity index is 0.00000358. The van der Waals surface area contributed by atoms with Crippen LogP contribution in [0, 0.1) is 11.6 Å². The molecule has 0 aliphatic carbocycles. The van der Waals surface area contributed by atoms with Crippen LogP contribution in [0.3, 0.4) is 0 Å². The SMILES string of the molecule is C=C.C=C(C)c1ccccc1N(CC(=O)N(CCN(CC)CC)Cc1cnc(-c2ccc(C(F)(F)F)cc2)nc1)C(C)CCc1cccc(F)c1F. The second-order valence-corrected chi connectivity index (χ2v) is 12.4. The largest absolute Gasteiger partial charge is 0.416 e. The van der Waals surface area contributed by atoms with Crippen molar-refractivity contribution in [3.63, 3.8) is 0 Å². The van der Waals surface area contributed by atoms with Crippen LogP contribution in [0.5, 0.6) is 0 Å². The number of hydrogen-bond acceptors (Lipinski definition) is 5. The molecule has 278 valence electrons. The summed E-state index contributed by atoms with van der Waals surface area (Å²) in [6.45, 7) is 21.1. The number of rotatable bonds is 16. The highest BCUT2D eigenvalue weighted by Crippen LogP contribution is 2.31. The second-order valence-electron chi connectivity index (χ2n) is 12.4. The average molecular weight is 722 g/mol. The monoisotopic (exact) mass is 721 g/mol. The van der Waals surface area contributed by atoms with E-state index in [-0.39, 0.29) is 42.8 Å². The number of aryl methyl sites for hydroxylation is 1. The average Bonchev–Trinajstić information content (AvgIpc) is 3.15. The molecule has 1 amide bonds. The highest BCUT2D eigenvalue weighted by molar-refractivity contribution is 5.84. The van der Waals surface area contributed by atoms with Crippen LogP contribution < -0.4 is 4.90 Å². The van der Waals surface area contributed by atoms with Crippen LogP contribution in [0.15, 0.2) is 98.9 Å². The van der Waals surface area contributed by atoms with Gasteiger partial charge < -0.3 is 14.7 Å². The summed E-state index contributed by atoms with van der Waals surface area (Å²) in [5.74, 6) is -1.63. The molecule has 1 atom stereocenters. The minimum absolute atomic E-state index is 0.0137. The molecule has 0 saturated heterocycles. The lowest BCUT2D eigenvalue weighted by atomic mass is 10.0. The molecule has 0 saturated carbocycles. The van der Waals surface area contributed by atoms with Gasteiger partial charge in [-0.1, -0.05) is 62.9 Å². The smallest absolute Gasteiger partial charge is 0.359 e. The van der Waals surface area contributed by atoms with Crippen LogP contribution in [0.2, 0.25) is 0 Å². The third-order valence-electron chi connectivity index (χ3n) is 8.86. The van der Waals surface area contributed by atoms with Crippen molar-refractivity contribution < 1.29 is 26.7 Å². The highest BCUT2D eigenvalue weighted by atomic mass is 19.4. The number of carbonyl (C=O) groups is 1. The minimum atomic E-state index is -4.44. The van der Waals surface area contributed by atoms with E-state index in [4.69, 9.17) is 0 Å². The predicted molar refractivity (Wildman–Crippen MR) is 200 cm³/mol. The fourth-order valence-electron chi connectivity index (χ4n) is 5.78. The van der Waals surface area contributed by atoms with Gasteiger partial charge in [0.25, 0.3) is 0 Å². The van der Waals surface area contributed by atoms with E-state index in [0.29, 0.717) is 30.6 Å². The van der Waals surface area contributed by atoms with Crippen molar-refractivity contribution >= 4 is 17.2 Å². The summed E-state index contributed by atoms with van der Waals surface area (Å²) >= 11 is 0. The van der Waals surface area contributed by atoms with Gasteiger partial charge in [-0.3, -0.25) is 4.79 Å². The van der Waals surface area contributed by atoms with Crippen molar-refractivity contribution in [3.8, 4) is 11.4 Å². The third kappa shape index (κ3) is 11.3. The zero-order valence-corrected chi connectivity index (χ0v) is 30.4. The molecule has 0 bridgehead atoms. The Labute approximate surface area is 304 Å². The Morgan fingerprint density at radius 2 is 1.52 bits per heavy atom. The number of likely N-dealkylation sites (N-methyl/N-ethyl adjacent to an activating group) is 1. The van der Waals surface area contributed by atoms with Crippen LogP contribution in [0.25, 0.3) is 17.0 Å². The summed E-state index contributed by atoms with van der Waals surface area (Å²) in [5.41, 5.74) is 3.15. The van der Waals surface area contributed by atoms with E-state index in [9.17, 15) is 26.7 Å². The zero-order valence-electron chi connectivity index (χ0n) is 30.4. The number of para-hydroxylation sites is 1. The van der Waals surface area contributed by atoms with Gasteiger partial charge in [0.2, 0.25) is 5.91 Å². The van der Waals surface area contributed by atoms with E-state index in [0.717, 1.165) is 48.1 Å². The van der Waals surface area contributed by atoms with Gasteiger partial charge in [-0.25, -0.2) is 18.7 Å². The molecule has 1 aromatic heterocycles. The van der Waals surface area contributed by atoms with Crippen molar-refractivity contribution in [2.24, 2.45) is 0 Å². The molecule has 3 aromatic carbocycles. The molecule has 4 rings (SSSR count). The van der Waals surface area contributed by atoms with Crippen molar-refractivity contribution in [1.29, 1.82) is 0 Å². The Kier molecular flexibility index (Phi) is 15.7. The van der Waals surface area contributed by atoms with Crippen LogP contribution >= 0.6 is 0 Å². The van der Waals surface area contributed by atoms with Gasteiger partial charge in [0.05, 0.1) is 12.1 Å². The van der Waals surface area contributed by atoms with E-state index in [1.54, 1.807) is 23.4 Å². The molecule has 0 aliphatic rings. The molecular formula is C41H48F5N5O. The topological polar surface area (TPSA) is 52.6 Å². The maximum atomic E-state index is 14.5. The number of benzene rings is 3. The molecule has 0 aliphatic heterocycles. The molecule has 1 unspecified atom stereocenters. The Morgan fingerprint density at radius 1 is 0.885 bits per heavy atom. The van der Waals surface area contributed by atoms with E-state index < -0.39 is 23.4 Å². The first-order valence-electron chi connectivity index (χ1n) is 17.2. The van der Waals surface area contributed by atoms with Gasteiger partial charge in [0, 0.05) is 60.4 Å². The van der Waals surface area contributed by atoms with E-state index in [1.165, 1.54) is 18.2 Å². The maximum absolute atomic E-state index is 14.5. The number of carbonyl (C=O) groups excluding carboxylic acids is 1. The number of amides is 1. The number of hydrogen-bond donors (Lipinski definition) is 0. The van der Waals surface area contributed by atoms with Crippen LogP contribution in [0.1, 0.15) is 56.4 Å². The van der Waals surface area contributed by atoms with Crippen molar-refractivity contribution in [3.05, 3.63) is 133 Å². The lowest BCUT2D eigenvalue weighted by Crippen LogP contribution is -2.46. The first kappa shape index (κ1) is 41.5. The van der Waals surface area contributed by atoms with Gasteiger partial charge in [0.15, 0.2) is 17.5 Å². The summed E-state index contributed by atoms with van der Waals surface area (Å²) in [6, 6.07) is 16.3. The summed E-state index contributed by atoms with van der Waals surface area (Å²) in [6.07, 6.45) is -0.538. The van der Waals surface area contributed by atoms with Crippen molar-refractivity contribution in [2.75, 3.05) is 37.6 Å². The lowest BCUT2D eigenvalue weighted by Gasteiger charge is -2.35. The zero-order chi connectivity index (χ0) is 38.4. The molecule has 0 fully saturated rings. The van der Waals surface area contributed by atoms with Gasteiger partial charge in [-0.2, -0.15) is 13.2 Å². The Morgan fingerprint density at radius 3 is 2.12 bits per heavy atom. The molecule has 52 heavy (non-hydrogen) atoms. The fraction of sp³-hybridized carbons (Fsp3) is 0.341. The second kappa shape index (κ2) is 19.6. The summed E-state index contributed by atoms with van der Waals surface area (Å²) in [4.78, 5) is 29.0. The van der Waals surface area contributed by atoms with E-state index in [1.807, 2.05) is 43.0 Å². The van der Waals surface area contributed by atoms with Crippen LogP contribution in [-0.4, -0.2) is 64.4 Å². The maximum Gasteiger partial charge on any atom is 0.416 e. The van der Waals surface area contributed by atoms with Crippen LogP contribution in [0.4, 0.5) is 27.6 Å². The molecule has 4 aromatic rings. The van der Waals surface area contributed by atoms with E-state index >= 15 is 0 Å². The highest BCUT2D eigenvalue weighted by Gasteiger charge is 2.30. The minimum Gasteiger partial charge on any atom is -0.359 e. The molecule has 11 heteroatoms. The van der Waals surface area contributed by atoms with Gasteiger partial charge >= 0.3 is 6.18 Å². The first-order valence-corrected chi connectivity index (χ1v) is 17.2. The number of nitrogens with zero attached hydrogens (tertiary/aromatic N) is 5. The standard InChI is InChI=1S/C39H44F5N5O.C2H4/c1-6-47(7-2)21-22-48(25-29-23-45-38(46-24-29)31-17-19-32(20-18-31)39(42,43)44)36(50)26-49(35-14-9-8-12-33(35)27(3)4)28(5)15-16-30-11-10-13-34(40)37(30)41;1-2/h8-14,17-20,23-24,28H,3,6-7,15-16,21-22,25-26H2,1-2,4-5H3;1-2H2. The van der Waals surface area contributed by atoms with Crippen molar-refractivity contribution in [1.82, 2.24) is 19.8 Å². The van der Waals surface area contributed by atoms with E-state index in [2.05, 4.69) is 48.5 Å². The first-order chi connectivity index (χ1) is 24.8. The molecule has 0 N–H and O–H groups in total. The molecule has 6 nitrogen and oxygen atoms in total. The molecular weight excluding hydrogens is 673 g/mol. The molecule has 0 spiro atoms. The van der Waals surface area contributed by atoms with Crippen LogP contribution in [-0.2, 0) is 23.9 Å². The van der Waals surface area contributed by atoms with Gasteiger partial charge in [-0.05, 0) is 75.2 Å². The normalized spacial score (nSPS) is 11.8. The number of alkyl halides is 3. The van der Waals surface area contributed by atoms with Crippen molar-refractivity contribution in [2.45, 2.75) is 59.3 Å². The third-order valence-corrected chi connectivity index (χ3v) is 8.86. The summed E-state index contributed by atoms with van der Waals surface area (Å²) in [7, 11) is 0. The number of halogens is 5. The fourth-order valence-corrected chi connectivity index (χ4v) is 5.78. The van der Waals surface area contributed by atoms with Gasteiger partial charge in [0.1, 0.15) is 0 Å². The Bertz CT molecular complexity index is 1740. The molecule has 0 radical (unpaired) electrons. The summed E-state index contributed by atoms with van der Waals surface area (Å²) in [5, 5.41) is 0. The number of allylic oxidation sites excluding steroid dienone is 1. The molecule has 1 heterocycles. The Hall–Kier alpha value is -4.90. The van der Waals surface area contributed by atoms with Gasteiger partial charge in [-0.15, -0.1) is 13.2 Å². The quantitative estimate of drug-likeness (QED) is 0.0853. The lowest BCUT2D eigenvalue weighted by molar-refractivity contribution is -0.137. The number of anilines is 1. The number of aromatic nitrogens is 2.